The number of amides is 1. The molecule has 1 fully saturated rings. The Labute approximate surface area is 148 Å². The second-order valence-corrected chi connectivity index (χ2v) is 8.08. The van der Waals surface area contributed by atoms with Crippen LogP contribution in [0.25, 0.3) is 11.1 Å². The summed E-state index contributed by atoms with van der Waals surface area (Å²) in [6.07, 6.45) is 2.06. The molecule has 3 rings (SSSR count). The van der Waals surface area contributed by atoms with Crippen LogP contribution >= 0.6 is 0 Å². The molecule has 0 bridgehead atoms. The molecular weight excluding hydrogens is 318 g/mol. The lowest BCUT2D eigenvalue weighted by Crippen LogP contribution is -2.46. The van der Waals surface area contributed by atoms with Crippen molar-refractivity contribution < 1.29 is 13.9 Å². The summed E-state index contributed by atoms with van der Waals surface area (Å²) in [4.78, 5) is 17.3. The molecule has 1 saturated heterocycles. The summed E-state index contributed by atoms with van der Waals surface area (Å²) < 4.78 is 11.2. The monoisotopic (exact) mass is 345 g/mol. The summed E-state index contributed by atoms with van der Waals surface area (Å²) in [5, 5.41) is 3.00. The minimum Gasteiger partial charge on any atom is -0.441 e. The van der Waals surface area contributed by atoms with Gasteiger partial charge in [0.2, 0.25) is 5.91 Å². The Bertz CT molecular complexity index is 755. The number of aromatic nitrogens is 1. The molecule has 1 aliphatic rings. The number of rotatable bonds is 4. The van der Waals surface area contributed by atoms with Gasteiger partial charge in [0, 0.05) is 31.9 Å². The summed E-state index contributed by atoms with van der Waals surface area (Å²) >= 11 is 0. The van der Waals surface area contributed by atoms with Gasteiger partial charge in [-0.15, -0.1) is 0 Å². The normalized spacial score (nSPS) is 17.6. The van der Waals surface area contributed by atoms with E-state index >= 15 is 0 Å². The van der Waals surface area contributed by atoms with Gasteiger partial charge in [0.25, 0.3) is 0 Å². The van der Waals surface area contributed by atoms with E-state index in [0.29, 0.717) is 44.2 Å². The van der Waals surface area contributed by atoms with Crippen molar-refractivity contribution in [3.8, 4) is 0 Å². The van der Waals surface area contributed by atoms with Crippen molar-refractivity contribution in [2.75, 3.05) is 25.1 Å². The third-order valence-electron chi connectivity index (χ3n) is 4.69. The zero-order valence-corrected chi connectivity index (χ0v) is 15.2. The van der Waals surface area contributed by atoms with Crippen molar-refractivity contribution in [2.24, 2.45) is 16.6 Å². The fourth-order valence-corrected chi connectivity index (χ4v) is 3.13. The van der Waals surface area contributed by atoms with E-state index in [1.165, 1.54) is 0 Å². The standard InChI is InChI=1S/C19H27N3O3/c1-18(2,3)11-16-22-14-10-13(4-5-15(14)25-16)21-17(23)19(12-20)6-8-24-9-7-19/h4-5,10H,6-9,11-12,20H2,1-3H3,(H,21,23). The van der Waals surface area contributed by atoms with Crippen molar-refractivity contribution in [1.29, 1.82) is 0 Å². The van der Waals surface area contributed by atoms with E-state index in [-0.39, 0.29) is 11.3 Å². The third kappa shape index (κ3) is 4.02. The average molecular weight is 345 g/mol. The molecule has 0 saturated carbocycles. The molecule has 1 aromatic heterocycles. The maximum Gasteiger partial charge on any atom is 0.232 e. The maximum absolute atomic E-state index is 12.8. The first kappa shape index (κ1) is 17.9. The van der Waals surface area contributed by atoms with Crippen LogP contribution in [0.3, 0.4) is 0 Å². The molecule has 0 unspecified atom stereocenters. The molecule has 25 heavy (non-hydrogen) atoms. The van der Waals surface area contributed by atoms with E-state index in [0.717, 1.165) is 17.5 Å². The van der Waals surface area contributed by atoms with Crippen LogP contribution in [-0.2, 0) is 16.0 Å². The predicted octanol–water partition coefficient (Wildman–Crippen LogP) is 3.11. The number of ether oxygens (including phenoxy) is 1. The molecule has 6 nitrogen and oxygen atoms in total. The number of carbonyl (C=O) groups excluding carboxylic acids is 1. The lowest BCUT2D eigenvalue weighted by Gasteiger charge is -2.34. The van der Waals surface area contributed by atoms with Gasteiger partial charge < -0.3 is 20.2 Å². The van der Waals surface area contributed by atoms with Gasteiger partial charge in [-0.1, -0.05) is 20.8 Å². The zero-order valence-electron chi connectivity index (χ0n) is 15.2. The number of hydrogen-bond donors (Lipinski definition) is 2. The first-order valence-electron chi connectivity index (χ1n) is 8.80. The van der Waals surface area contributed by atoms with Gasteiger partial charge in [-0.2, -0.15) is 0 Å². The Morgan fingerprint density at radius 1 is 1.32 bits per heavy atom. The van der Waals surface area contributed by atoms with E-state index < -0.39 is 5.41 Å². The molecule has 1 aromatic carbocycles. The Morgan fingerprint density at radius 3 is 2.68 bits per heavy atom. The number of nitrogens with two attached hydrogens (primary N) is 1. The molecule has 2 heterocycles. The highest BCUT2D eigenvalue weighted by atomic mass is 16.5. The number of nitrogens with zero attached hydrogens (tertiary/aromatic N) is 1. The lowest BCUT2D eigenvalue weighted by atomic mass is 9.79. The number of fused-ring (bicyclic) bond motifs is 1. The van der Waals surface area contributed by atoms with Crippen molar-refractivity contribution >= 4 is 22.7 Å². The minimum atomic E-state index is -0.547. The summed E-state index contributed by atoms with van der Waals surface area (Å²) in [7, 11) is 0. The van der Waals surface area contributed by atoms with Crippen LogP contribution in [0, 0.1) is 10.8 Å². The fourth-order valence-electron chi connectivity index (χ4n) is 3.13. The van der Waals surface area contributed by atoms with Crippen LogP contribution in [0.15, 0.2) is 22.6 Å². The first-order valence-corrected chi connectivity index (χ1v) is 8.80. The quantitative estimate of drug-likeness (QED) is 0.888. The molecular formula is C19H27N3O3. The van der Waals surface area contributed by atoms with E-state index in [2.05, 4.69) is 31.1 Å². The van der Waals surface area contributed by atoms with E-state index in [1.807, 2.05) is 18.2 Å². The Morgan fingerprint density at radius 2 is 2.04 bits per heavy atom. The fraction of sp³-hybridized carbons (Fsp3) is 0.579. The largest absolute Gasteiger partial charge is 0.441 e. The summed E-state index contributed by atoms with van der Waals surface area (Å²) in [5.41, 5.74) is 7.66. The number of hydrogen-bond acceptors (Lipinski definition) is 5. The molecule has 1 aliphatic heterocycles. The second kappa shape index (κ2) is 6.77. The minimum absolute atomic E-state index is 0.0453. The van der Waals surface area contributed by atoms with Crippen LogP contribution < -0.4 is 11.1 Å². The predicted molar refractivity (Wildman–Crippen MR) is 97.3 cm³/mol. The highest BCUT2D eigenvalue weighted by molar-refractivity contribution is 5.97. The Balaban J connectivity index is 1.78. The average Bonchev–Trinajstić information content (AvgIpc) is 2.94. The highest BCUT2D eigenvalue weighted by Crippen LogP contribution is 2.31. The molecule has 0 aliphatic carbocycles. The van der Waals surface area contributed by atoms with Crippen LogP contribution in [0.1, 0.15) is 39.5 Å². The summed E-state index contributed by atoms with van der Waals surface area (Å²) in [6, 6.07) is 5.55. The van der Waals surface area contributed by atoms with Gasteiger partial charge in [-0.05, 0) is 36.5 Å². The second-order valence-electron chi connectivity index (χ2n) is 8.08. The van der Waals surface area contributed by atoms with Crippen LogP contribution in [0.5, 0.6) is 0 Å². The summed E-state index contributed by atoms with van der Waals surface area (Å²) in [5.74, 6) is 0.671. The number of nitrogens with one attached hydrogen (secondary N) is 1. The number of anilines is 1. The third-order valence-corrected chi connectivity index (χ3v) is 4.69. The molecule has 136 valence electrons. The molecule has 0 atom stereocenters. The molecule has 6 heteroatoms. The SMILES string of the molecule is CC(C)(C)Cc1nc2cc(NC(=O)C3(CN)CCOCC3)ccc2o1. The molecule has 2 aromatic rings. The van der Waals surface area contributed by atoms with Gasteiger partial charge in [-0.3, -0.25) is 4.79 Å². The molecule has 0 radical (unpaired) electrons. The smallest absolute Gasteiger partial charge is 0.232 e. The number of oxazole rings is 1. The van der Waals surface area contributed by atoms with Crippen molar-refractivity contribution in [3.05, 3.63) is 24.1 Å². The molecule has 3 N–H and O–H groups in total. The van der Waals surface area contributed by atoms with E-state index in [4.69, 9.17) is 14.9 Å². The van der Waals surface area contributed by atoms with Gasteiger partial charge in [0.1, 0.15) is 5.52 Å². The Hall–Kier alpha value is -1.92. The van der Waals surface area contributed by atoms with Crippen molar-refractivity contribution in [1.82, 2.24) is 4.98 Å². The first-order chi connectivity index (χ1) is 11.8. The maximum atomic E-state index is 12.8. The van der Waals surface area contributed by atoms with Crippen LogP contribution in [0.4, 0.5) is 5.69 Å². The van der Waals surface area contributed by atoms with Gasteiger partial charge >= 0.3 is 0 Å². The lowest BCUT2D eigenvalue weighted by molar-refractivity contribution is -0.130. The topological polar surface area (TPSA) is 90.4 Å². The van der Waals surface area contributed by atoms with E-state index in [9.17, 15) is 4.79 Å². The van der Waals surface area contributed by atoms with E-state index in [1.54, 1.807) is 0 Å². The molecule has 0 spiro atoms. The van der Waals surface area contributed by atoms with Gasteiger partial charge in [0.05, 0.1) is 5.41 Å². The zero-order chi connectivity index (χ0) is 18.1. The van der Waals surface area contributed by atoms with Crippen molar-refractivity contribution in [3.63, 3.8) is 0 Å². The summed E-state index contributed by atoms with van der Waals surface area (Å²) in [6.45, 7) is 7.91. The Kier molecular flexibility index (Phi) is 4.84. The van der Waals surface area contributed by atoms with Crippen molar-refractivity contribution in [2.45, 2.75) is 40.0 Å². The highest BCUT2D eigenvalue weighted by Gasteiger charge is 2.38. The van der Waals surface area contributed by atoms with Gasteiger partial charge in [0.15, 0.2) is 11.5 Å². The van der Waals surface area contributed by atoms with Crippen LogP contribution in [0.2, 0.25) is 0 Å². The van der Waals surface area contributed by atoms with Crippen LogP contribution in [-0.4, -0.2) is 30.6 Å². The molecule has 1 amide bonds. The van der Waals surface area contributed by atoms with Gasteiger partial charge in [-0.25, -0.2) is 4.98 Å². The number of carbonyl (C=O) groups is 1. The number of benzene rings is 1.